The molecular weight excluding hydrogens is 280 g/mol. The maximum absolute atomic E-state index is 6.17. The summed E-state index contributed by atoms with van der Waals surface area (Å²) >= 11 is 3.36. The molecule has 2 aromatic heterocycles. The molecule has 2 aromatic rings. The minimum atomic E-state index is -0.0742. The third-order valence-electron chi connectivity index (χ3n) is 2.64. The number of pyridine rings is 1. The van der Waals surface area contributed by atoms with Gasteiger partial charge in [-0.1, -0.05) is 0 Å². The fourth-order valence-electron chi connectivity index (χ4n) is 1.83. The third kappa shape index (κ3) is 2.92. The number of aromatic nitrogens is 3. The molecule has 0 saturated carbocycles. The first kappa shape index (κ1) is 12.3. The Hall–Kier alpha value is -1.20. The van der Waals surface area contributed by atoms with E-state index in [0.717, 1.165) is 21.6 Å². The van der Waals surface area contributed by atoms with E-state index >= 15 is 0 Å². The smallest absolute Gasteiger partial charge is 0.0597 e. The molecule has 0 fully saturated rings. The van der Waals surface area contributed by atoms with Crippen LogP contribution in [0.25, 0.3) is 0 Å². The van der Waals surface area contributed by atoms with Gasteiger partial charge < -0.3 is 5.73 Å². The number of nitrogens with zero attached hydrogens (tertiary/aromatic N) is 3. The topological polar surface area (TPSA) is 56.7 Å². The Balaban J connectivity index is 2.14. The number of halogens is 1. The SMILES string of the molecule is Cc1cc(C(N)Cc2ccc(Br)cn2)n(C)n1. The van der Waals surface area contributed by atoms with Crippen molar-refractivity contribution in [1.82, 2.24) is 14.8 Å². The molecule has 17 heavy (non-hydrogen) atoms. The summed E-state index contributed by atoms with van der Waals surface area (Å²) in [6.45, 7) is 1.97. The lowest BCUT2D eigenvalue weighted by atomic mass is 10.1. The van der Waals surface area contributed by atoms with Gasteiger partial charge >= 0.3 is 0 Å². The van der Waals surface area contributed by atoms with Crippen LogP contribution in [0.2, 0.25) is 0 Å². The van der Waals surface area contributed by atoms with Crippen LogP contribution < -0.4 is 5.73 Å². The fraction of sp³-hybridized carbons (Fsp3) is 0.333. The van der Waals surface area contributed by atoms with E-state index in [1.165, 1.54) is 0 Å². The summed E-state index contributed by atoms with van der Waals surface area (Å²) in [5, 5.41) is 4.30. The van der Waals surface area contributed by atoms with Crippen LogP contribution in [0.3, 0.4) is 0 Å². The molecule has 0 aliphatic carbocycles. The molecule has 0 spiro atoms. The maximum Gasteiger partial charge on any atom is 0.0597 e. The average Bonchev–Trinajstić information content (AvgIpc) is 2.61. The van der Waals surface area contributed by atoms with Crippen molar-refractivity contribution in [2.75, 3.05) is 0 Å². The molecule has 2 N–H and O–H groups in total. The Labute approximate surface area is 109 Å². The molecule has 0 aliphatic heterocycles. The number of hydrogen-bond donors (Lipinski definition) is 1. The van der Waals surface area contributed by atoms with E-state index in [1.54, 1.807) is 6.20 Å². The molecule has 0 aromatic carbocycles. The lowest BCUT2D eigenvalue weighted by Crippen LogP contribution is -2.17. The van der Waals surface area contributed by atoms with Gasteiger partial charge in [-0.05, 0) is 41.1 Å². The predicted octanol–water partition coefficient (Wildman–Crippen LogP) is 2.13. The van der Waals surface area contributed by atoms with Gasteiger partial charge in [0.15, 0.2) is 0 Å². The van der Waals surface area contributed by atoms with E-state index in [1.807, 2.05) is 36.9 Å². The van der Waals surface area contributed by atoms with E-state index in [0.29, 0.717) is 6.42 Å². The van der Waals surface area contributed by atoms with Crippen LogP contribution in [-0.2, 0) is 13.5 Å². The molecule has 1 unspecified atom stereocenters. The van der Waals surface area contributed by atoms with Crippen LogP contribution in [0.1, 0.15) is 23.1 Å². The molecule has 5 heteroatoms. The maximum atomic E-state index is 6.17. The zero-order valence-corrected chi connectivity index (χ0v) is 11.5. The summed E-state index contributed by atoms with van der Waals surface area (Å²) < 4.78 is 2.81. The second-order valence-corrected chi connectivity index (χ2v) is 5.03. The van der Waals surface area contributed by atoms with Crippen LogP contribution in [-0.4, -0.2) is 14.8 Å². The summed E-state index contributed by atoms with van der Waals surface area (Å²) in [5.74, 6) is 0. The highest BCUT2D eigenvalue weighted by molar-refractivity contribution is 9.10. The van der Waals surface area contributed by atoms with Crippen molar-refractivity contribution >= 4 is 15.9 Å². The van der Waals surface area contributed by atoms with E-state index < -0.39 is 0 Å². The van der Waals surface area contributed by atoms with E-state index in [9.17, 15) is 0 Å². The average molecular weight is 295 g/mol. The molecule has 0 aliphatic rings. The van der Waals surface area contributed by atoms with Gasteiger partial charge in [0.25, 0.3) is 0 Å². The van der Waals surface area contributed by atoms with Gasteiger partial charge in [0.2, 0.25) is 0 Å². The first-order valence-corrected chi connectivity index (χ1v) is 6.22. The Morgan fingerprint density at radius 2 is 2.24 bits per heavy atom. The Morgan fingerprint density at radius 3 is 2.76 bits per heavy atom. The molecule has 1 atom stereocenters. The van der Waals surface area contributed by atoms with Gasteiger partial charge in [-0.3, -0.25) is 9.67 Å². The Morgan fingerprint density at radius 1 is 1.47 bits per heavy atom. The minimum absolute atomic E-state index is 0.0742. The summed E-state index contributed by atoms with van der Waals surface area (Å²) in [5.41, 5.74) is 9.17. The van der Waals surface area contributed by atoms with Gasteiger partial charge in [-0.25, -0.2) is 0 Å². The molecular formula is C12H15BrN4. The van der Waals surface area contributed by atoms with E-state index in [2.05, 4.69) is 26.0 Å². The van der Waals surface area contributed by atoms with Crippen molar-refractivity contribution in [3.05, 3.63) is 46.0 Å². The van der Waals surface area contributed by atoms with Crippen LogP contribution >= 0.6 is 15.9 Å². The van der Waals surface area contributed by atoms with Crippen LogP contribution in [0.15, 0.2) is 28.9 Å². The van der Waals surface area contributed by atoms with E-state index in [-0.39, 0.29) is 6.04 Å². The van der Waals surface area contributed by atoms with Crippen molar-refractivity contribution in [3.8, 4) is 0 Å². The monoisotopic (exact) mass is 294 g/mol. The highest BCUT2D eigenvalue weighted by atomic mass is 79.9. The summed E-state index contributed by atoms with van der Waals surface area (Å²) in [4.78, 5) is 4.32. The Kier molecular flexibility index (Phi) is 3.59. The molecule has 2 rings (SSSR count). The quantitative estimate of drug-likeness (QED) is 0.943. The molecule has 4 nitrogen and oxygen atoms in total. The van der Waals surface area contributed by atoms with Crippen molar-refractivity contribution in [1.29, 1.82) is 0 Å². The van der Waals surface area contributed by atoms with Gasteiger partial charge in [0.05, 0.1) is 17.4 Å². The van der Waals surface area contributed by atoms with Crippen LogP contribution in [0.5, 0.6) is 0 Å². The molecule has 0 saturated heterocycles. The third-order valence-corrected chi connectivity index (χ3v) is 3.10. The first-order chi connectivity index (χ1) is 8.06. The minimum Gasteiger partial charge on any atom is -0.322 e. The summed E-state index contributed by atoms with van der Waals surface area (Å²) in [6, 6.07) is 5.90. The second-order valence-electron chi connectivity index (χ2n) is 4.11. The van der Waals surface area contributed by atoms with Crippen molar-refractivity contribution in [3.63, 3.8) is 0 Å². The zero-order valence-electron chi connectivity index (χ0n) is 9.89. The predicted molar refractivity (Wildman–Crippen MR) is 70.5 cm³/mol. The fourth-order valence-corrected chi connectivity index (χ4v) is 2.07. The van der Waals surface area contributed by atoms with Crippen LogP contribution in [0, 0.1) is 6.92 Å². The van der Waals surface area contributed by atoms with Gasteiger partial charge in [-0.2, -0.15) is 5.10 Å². The molecule has 0 amide bonds. The largest absolute Gasteiger partial charge is 0.322 e. The number of hydrogen-bond acceptors (Lipinski definition) is 3. The lowest BCUT2D eigenvalue weighted by molar-refractivity contribution is 0.609. The van der Waals surface area contributed by atoms with Crippen molar-refractivity contribution in [2.45, 2.75) is 19.4 Å². The van der Waals surface area contributed by atoms with Gasteiger partial charge in [0.1, 0.15) is 0 Å². The molecule has 0 bridgehead atoms. The number of rotatable bonds is 3. The number of aryl methyl sites for hydroxylation is 2. The van der Waals surface area contributed by atoms with Gasteiger partial charge in [0, 0.05) is 29.8 Å². The first-order valence-electron chi connectivity index (χ1n) is 5.43. The molecule has 90 valence electrons. The molecule has 2 heterocycles. The highest BCUT2D eigenvalue weighted by Gasteiger charge is 2.12. The standard InChI is InChI=1S/C12H15BrN4/c1-8-5-12(17(2)16-8)11(14)6-10-4-3-9(13)7-15-10/h3-5,7,11H,6,14H2,1-2H3. The van der Waals surface area contributed by atoms with E-state index in [4.69, 9.17) is 5.73 Å². The van der Waals surface area contributed by atoms with Crippen molar-refractivity contribution < 1.29 is 0 Å². The van der Waals surface area contributed by atoms with Crippen molar-refractivity contribution in [2.24, 2.45) is 12.8 Å². The molecule has 0 radical (unpaired) electrons. The summed E-state index contributed by atoms with van der Waals surface area (Å²) in [7, 11) is 1.91. The zero-order chi connectivity index (χ0) is 12.4. The van der Waals surface area contributed by atoms with Crippen LogP contribution in [0.4, 0.5) is 0 Å². The Bertz CT molecular complexity index is 504. The van der Waals surface area contributed by atoms with Gasteiger partial charge in [-0.15, -0.1) is 0 Å². The summed E-state index contributed by atoms with van der Waals surface area (Å²) in [6.07, 6.45) is 2.50. The second kappa shape index (κ2) is 4.98. The highest BCUT2D eigenvalue weighted by Crippen LogP contribution is 2.16. The number of nitrogens with two attached hydrogens (primary N) is 1. The normalized spacial score (nSPS) is 12.7. The lowest BCUT2D eigenvalue weighted by Gasteiger charge is -2.11.